The number of hydrogen-bond acceptors (Lipinski definition) is 3. The molecule has 1 fully saturated rings. The molecule has 4 atom stereocenters. The van der Waals surface area contributed by atoms with Crippen LogP contribution in [0.2, 0.25) is 5.02 Å². The van der Waals surface area contributed by atoms with Crippen LogP contribution in [-0.2, 0) is 0 Å². The van der Waals surface area contributed by atoms with Gasteiger partial charge in [0.1, 0.15) is 12.1 Å². The van der Waals surface area contributed by atoms with E-state index in [4.69, 9.17) is 23.2 Å². The molecule has 2 amide bonds. The van der Waals surface area contributed by atoms with Crippen molar-refractivity contribution in [2.75, 3.05) is 12.4 Å². The topological polar surface area (TPSA) is 56.4 Å². The highest BCUT2D eigenvalue weighted by atomic mass is 35.5. The number of alkyl halides is 1. The van der Waals surface area contributed by atoms with E-state index in [1.165, 1.54) is 18.2 Å². The van der Waals surface area contributed by atoms with Crippen molar-refractivity contribution < 1.29 is 9.18 Å². The number of amides is 2. The maximum absolute atomic E-state index is 13.2. The Hall–Kier alpha value is -1.08. The lowest BCUT2D eigenvalue weighted by Crippen LogP contribution is -2.67. The van der Waals surface area contributed by atoms with Gasteiger partial charge in [-0.05, 0) is 38.6 Å². The van der Waals surface area contributed by atoms with E-state index in [2.05, 4.69) is 29.8 Å². The molecule has 0 saturated carbocycles. The molecule has 0 bridgehead atoms. The zero-order valence-electron chi connectivity index (χ0n) is 13.9. The first-order valence-electron chi connectivity index (χ1n) is 7.98. The predicted octanol–water partition coefficient (Wildman–Crippen LogP) is 3.79. The molecule has 24 heavy (non-hydrogen) atoms. The quantitative estimate of drug-likeness (QED) is 0.553. The summed E-state index contributed by atoms with van der Waals surface area (Å²) in [5.41, 5.74) is 0.239. The summed E-state index contributed by atoms with van der Waals surface area (Å²) in [6, 6.07) is 3.76. The van der Waals surface area contributed by atoms with Gasteiger partial charge in [0.15, 0.2) is 0 Å². The maximum atomic E-state index is 13.2. The van der Waals surface area contributed by atoms with Crippen molar-refractivity contribution in [2.45, 2.75) is 44.5 Å². The Morgan fingerprint density at radius 3 is 2.79 bits per heavy atom. The molecule has 1 aliphatic heterocycles. The third-order valence-electron chi connectivity index (χ3n) is 4.28. The number of urea groups is 1. The van der Waals surface area contributed by atoms with Crippen LogP contribution in [0.1, 0.15) is 26.7 Å². The molecule has 0 spiro atoms. The second-order valence-corrected chi connectivity index (χ2v) is 6.93. The van der Waals surface area contributed by atoms with Gasteiger partial charge in [0.05, 0.1) is 10.5 Å². The molecule has 2 rings (SSSR count). The summed E-state index contributed by atoms with van der Waals surface area (Å²) < 4.78 is 13.2. The number of hydrogen-bond donors (Lipinski definition) is 3. The average Bonchev–Trinajstić information content (AvgIpc) is 2.52. The summed E-state index contributed by atoms with van der Waals surface area (Å²) in [5, 5.41) is 8.76. The maximum Gasteiger partial charge on any atom is 0.321 e. The van der Waals surface area contributed by atoms with Gasteiger partial charge in [-0.15, -0.1) is 11.6 Å². The molecule has 4 unspecified atom stereocenters. The van der Waals surface area contributed by atoms with E-state index in [0.29, 0.717) is 11.6 Å². The minimum atomic E-state index is -0.530. The van der Waals surface area contributed by atoms with Gasteiger partial charge < -0.3 is 10.6 Å². The van der Waals surface area contributed by atoms with Gasteiger partial charge in [-0.3, -0.25) is 10.2 Å². The van der Waals surface area contributed by atoms with Crippen LogP contribution in [-0.4, -0.2) is 35.8 Å². The number of benzene rings is 1. The van der Waals surface area contributed by atoms with E-state index in [1.807, 2.05) is 11.9 Å². The van der Waals surface area contributed by atoms with E-state index >= 15 is 0 Å². The normalized spacial score (nSPS) is 27.8. The molecular formula is C16H23Cl2FN4O. The molecule has 134 valence electrons. The average molecular weight is 377 g/mol. The fraction of sp³-hybridized carbons (Fsp3) is 0.562. The molecule has 0 aliphatic carbocycles. The van der Waals surface area contributed by atoms with Gasteiger partial charge in [-0.1, -0.05) is 24.9 Å². The molecule has 1 heterocycles. The van der Waals surface area contributed by atoms with Crippen molar-refractivity contribution in [1.82, 2.24) is 15.5 Å². The zero-order valence-corrected chi connectivity index (χ0v) is 15.5. The Morgan fingerprint density at radius 1 is 1.46 bits per heavy atom. The zero-order chi connectivity index (χ0) is 17.9. The van der Waals surface area contributed by atoms with Crippen molar-refractivity contribution in [3.63, 3.8) is 0 Å². The number of carbonyl (C=O) groups is 1. The Balaban J connectivity index is 1.97. The third-order valence-corrected chi connectivity index (χ3v) is 5.20. The lowest BCUT2D eigenvalue weighted by atomic mass is 9.93. The SMILES string of the molecule is CCCC1C(C)NC(NC(=O)Nc2ccc(F)c(Cl)c2)N(C)C1Cl. The van der Waals surface area contributed by atoms with Crippen LogP contribution in [0.15, 0.2) is 18.2 Å². The van der Waals surface area contributed by atoms with Crippen LogP contribution in [0.3, 0.4) is 0 Å². The van der Waals surface area contributed by atoms with E-state index in [1.54, 1.807) is 0 Å². The van der Waals surface area contributed by atoms with Crippen LogP contribution in [0, 0.1) is 11.7 Å². The van der Waals surface area contributed by atoms with Gasteiger partial charge in [0.2, 0.25) is 0 Å². The second-order valence-electron chi connectivity index (χ2n) is 6.08. The summed E-state index contributed by atoms with van der Waals surface area (Å²) in [7, 11) is 1.86. The monoisotopic (exact) mass is 376 g/mol. The van der Waals surface area contributed by atoms with Crippen LogP contribution in [0.4, 0.5) is 14.9 Å². The molecular weight excluding hydrogens is 354 g/mol. The Labute approximate surface area is 151 Å². The molecule has 8 heteroatoms. The molecule has 1 aliphatic rings. The number of anilines is 1. The number of nitrogens with zero attached hydrogens (tertiary/aromatic N) is 1. The lowest BCUT2D eigenvalue weighted by Gasteiger charge is -2.45. The van der Waals surface area contributed by atoms with Crippen molar-refractivity contribution in [1.29, 1.82) is 0 Å². The van der Waals surface area contributed by atoms with Crippen molar-refractivity contribution in [3.8, 4) is 0 Å². The van der Waals surface area contributed by atoms with Crippen molar-refractivity contribution >= 4 is 34.9 Å². The number of rotatable bonds is 4. The van der Waals surface area contributed by atoms with Gasteiger partial charge in [-0.2, -0.15) is 0 Å². The highest BCUT2D eigenvalue weighted by molar-refractivity contribution is 6.31. The largest absolute Gasteiger partial charge is 0.321 e. The Bertz CT molecular complexity index is 589. The molecule has 0 radical (unpaired) electrons. The smallest absolute Gasteiger partial charge is 0.309 e. The third kappa shape index (κ3) is 4.51. The summed E-state index contributed by atoms with van der Waals surface area (Å²) in [4.78, 5) is 14.1. The fourth-order valence-electron chi connectivity index (χ4n) is 2.90. The molecule has 1 aromatic rings. The van der Waals surface area contributed by atoms with E-state index in [0.717, 1.165) is 12.8 Å². The van der Waals surface area contributed by atoms with E-state index in [9.17, 15) is 9.18 Å². The first kappa shape index (κ1) is 19.2. The lowest BCUT2D eigenvalue weighted by molar-refractivity contribution is 0.0508. The van der Waals surface area contributed by atoms with Gasteiger partial charge in [0.25, 0.3) is 0 Å². The Morgan fingerprint density at radius 2 is 2.17 bits per heavy atom. The first-order chi connectivity index (χ1) is 11.3. The highest BCUT2D eigenvalue weighted by Crippen LogP contribution is 2.28. The van der Waals surface area contributed by atoms with Crippen molar-refractivity contribution in [3.05, 3.63) is 29.0 Å². The summed E-state index contributed by atoms with van der Waals surface area (Å²) in [6.45, 7) is 4.19. The number of halogens is 3. The minimum Gasteiger partial charge on any atom is -0.309 e. The molecule has 1 aromatic carbocycles. The fourth-order valence-corrected chi connectivity index (χ4v) is 3.54. The Kier molecular flexibility index (Phi) is 6.69. The summed E-state index contributed by atoms with van der Waals surface area (Å²) >= 11 is 12.2. The van der Waals surface area contributed by atoms with Crippen LogP contribution < -0.4 is 16.0 Å². The second kappa shape index (κ2) is 8.34. The van der Waals surface area contributed by atoms with Gasteiger partial charge in [-0.25, -0.2) is 9.18 Å². The first-order valence-corrected chi connectivity index (χ1v) is 8.79. The molecule has 1 saturated heterocycles. The predicted molar refractivity (Wildman–Crippen MR) is 95.8 cm³/mol. The van der Waals surface area contributed by atoms with E-state index < -0.39 is 18.1 Å². The molecule has 5 nitrogen and oxygen atoms in total. The van der Waals surface area contributed by atoms with Gasteiger partial charge in [0, 0.05) is 17.6 Å². The standard InChI is InChI=1S/C16H23Cl2FN4O/c1-4-5-11-9(2)20-15(23(3)14(11)18)22-16(24)21-10-6-7-13(19)12(17)8-10/h6-9,11,14-15,20H,4-5H2,1-3H3,(H2,21,22,24). The molecule has 0 aromatic heterocycles. The summed E-state index contributed by atoms with van der Waals surface area (Å²) in [5.74, 6) is -0.226. The molecule has 3 N–H and O–H groups in total. The number of nitrogens with one attached hydrogen (secondary N) is 3. The van der Waals surface area contributed by atoms with E-state index in [-0.39, 0.29) is 16.6 Å². The van der Waals surface area contributed by atoms with Crippen molar-refractivity contribution in [2.24, 2.45) is 5.92 Å². The number of carbonyl (C=O) groups excluding carboxylic acids is 1. The minimum absolute atomic E-state index is 0.0439. The van der Waals surface area contributed by atoms with Crippen LogP contribution in [0.25, 0.3) is 0 Å². The van der Waals surface area contributed by atoms with Crippen LogP contribution >= 0.6 is 23.2 Å². The summed E-state index contributed by atoms with van der Waals surface area (Å²) in [6.07, 6.45) is 1.67. The van der Waals surface area contributed by atoms with Crippen LogP contribution in [0.5, 0.6) is 0 Å². The van der Waals surface area contributed by atoms with Gasteiger partial charge >= 0.3 is 6.03 Å². The highest BCUT2D eigenvalue weighted by Gasteiger charge is 2.38.